The molecule has 224 valence electrons. The molecule has 42 heavy (non-hydrogen) atoms. The first kappa shape index (κ1) is 30.7. The molecular formula is C31H40N6O5. The lowest BCUT2D eigenvalue weighted by atomic mass is 9.96. The number of carboxylic acids is 1. The molecule has 0 bridgehead atoms. The summed E-state index contributed by atoms with van der Waals surface area (Å²) in [6.07, 6.45) is 2.08. The van der Waals surface area contributed by atoms with E-state index >= 15 is 0 Å². The molecule has 1 unspecified atom stereocenters. The zero-order chi connectivity index (χ0) is 30.7. The molecule has 3 aromatic rings. The molecule has 0 radical (unpaired) electrons. The Hall–Kier alpha value is -4.25. The smallest absolute Gasteiger partial charge is 0.354 e. The fourth-order valence-electron chi connectivity index (χ4n) is 5.04. The summed E-state index contributed by atoms with van der Waals surface area (Å²) >= 11 is 0. The molecule has 11 heteroatoms. The number of carboxylic acid groups (broad SMARTS) is 1. The van der Waals surface area contributed by atoms with Crippen molar-refractivity contribution in [3.05, 3.63) is 65.5 Å². The highest BCUT2D eigenvalue weighted by Gasteiger charge is 2.51. The van der Waals surface area contributed by atoms with Crippen LogP contribution < -0.4 is 5.32 Å². The molecule has 0 saturated carbocycles. The van der Waals surface area contributed by atoms with Crippen molar-refractivity contribution in [2.24, 2.45) is 5.41 Å². The van der Waals surface area contributed by atoms with Gasteiger partial charge in [-0.3, -0.25) is 4.79 Å². The third-order valence-electron chi connectivity index (χ3n) is 7.31. The van der Waals surface area contributed by atoms with Crippen molar-refractivity contribution >= 4 is 11.9 Å². The van der Waals surface area contributed by atoms with Crippen molar-refractivity contribution in [2.75, 3.05) is 6.61 Å². The molecule has 0 aliphatic carbocycles. The van der Waals surface area contributed by atoms with E-state index in [0.29, 0.717) is 12.2 Å². The standard InChI is InChI=1S/C31H40N6O5/c1-7-8-17-31(19-42-28(40)29(2,3)4)32-25(30(5,6)41)24(27(38)39)37(31)18-20-13-15-21(16-14-20)22-11-9-10-12-23(22)26-33-35-36-34-26/h9-16,32,41H,7-8,17-19H2,1-6H3,(H,38,39)(H,33,34,35,36). The van der Waals surface area contributed by atoms with Gasteiger partial charge in [0.2, 0.25) is 5.82 Å². The Morgan fingerprint density at radius 3 is 2.24 bits per heavy atom. The number of aromatic nitrogens is 4. The predicted molar refractivity (Wildman–Crippen MR) is 157 cm³/mol. The number of esters is 1. The van der Waals surface area contributed by atoms with Gasteiger partial charge in [-0.05, 0) is 69.4 Å². The zero-order valence-corrected chi connectivity index (χ0v) is 25.1. The van der Waals surface area contributed by atoms with Gasteiger partial charge < -0.3 is 25.2 Å². The molecule has 0 spiro atoms. The van der Waals surface area contributed by atoms with Gasteiger partial charge in [0.1, 0.15) is 23.6 Å². The van der Waals surface area contributed by atoms with Gasteiger partial charge in [-0.25, -0.2) is 4.79 Å². The van der Waals surface area contributed by atoms with E-state index in [-0.39, 0.29) is 24.5 Å². The Labute approximate surface area is 246 Å². The van der Waals surface area contributed by atoms with Crippen LogP contribution in [0.2, 0.25) is 0 Å². The summed E-state index contributed by atoms with van der Waals surface area (Å²) in [6.45, 7) is 10.6. The number of ether oxygens (including phenoxy) is 1. The van der Waals surface area contributed by atoms with Gasteiger partial charge in [-0.2, -0.15) is 5.21 Å². The van der Waals surface area contributed by atoms with Crippen LogP contribution >= 0.6 is 0 Å². The second-order valence-electron chi connectivity index (χ2n) is 12.2. The van der Waals surface area contributed by atoms with Crippen LogP contribution in [0, 0.1) is 5.41 Å². The largest absolute Gasteiger partial charge is 0.477 e. The van der Waals surface area contributed by atoms with Crippen LogP contribution in [0.3, 0.4) is 0 Å². The van der Waals surface area contributed by atoms with Gasteiger partial charge in [0.15, 0.2) is 0 Å². The van der Waals surface area contributed by atoms with Gasteiger partial charge in [0.05, 0.1) is 11.1 Å². The fourth-order valence-corrected chi connectivity index (χ4v) is 5.04. The summed E-state index contributed by atoms with van der Waals surface area (Å²) in [4.78, 5) is 27.3. The number of H-pyrrole nitrogens is 1. The van der Waals surface area contributed by atoms with Crippen molar-refractivity contribution in [1.82, 2.24) is 30.8 Å². The maximum Gasteiger partial charge on any atom is 0.354 e. The highest BCUT2D eigenvalue weighted by Crippen LogP contribution is 2.39. The number of benzene rings is 2. The van der Waals surface area contributed by atoms with Crippen LogP contribution in [0.15, 0.2) is 59.9 Å². The highest BCUT2D eigenvalue weighted by atomic mass is 16.5. The Morgan fingerprint density at radius 1 is 1.02 bits per heavy atom. The van der Waals surface area contributed by atoms with Gasteiger partial charge in [0.25, 0.3) is 0 Å². The van der Waals surface area contributed by atoms with Crippen molar-refractivity contribution in [2.45, 2.75) is 78.6 Å². The van der Waals surface area contributed by atoms with E-state index < -0.39 is 28.6 Å². The topological polar surface area (TPSA) is 154 Å². The van der Waals surface area contributed by atoms with E-state index in [4.69, 9.17) is 4.74 Å². The predicted octanol–water partition coefficient (Wildman–Crippen LogP) is 4.48. The van der Waals surface area contributed by atoms with Gasteiger partial charge >= 0.3 is 11.9 Å². The lowest BCUT2D eigenvalue weighted by molar-refractivity contribution is -0.158. The number of carbonyl (C=O) groups is 2. The normalized spacial score (nSPS) is 17.4. The van der Waals surface area contributed by atoms with E-state index in [1.165, 1.54) is 0 Å². The number of aliphatic carboxylic acids is 1. The second kappa shape index (κ2) is 11.9. The van der Waals surface area contributed by atoms with E-state index in [9.17, 15) is 19.8 Å². The lowest BCUT2D eigenvalue weighted by Gasteiger charge is -2.41. The summed E-state index contributed by atoms with van der Waals surface area (Å²) in [5, 5.41) is 39.1. The maximum atomic E-state index is 12.8. The minimum atomic E-state index is -1.48. The first-order valence-electron chi connectivity index (χ1n) is 14.1. The van der Waals surface area contributed by atoms with Crippen molar-refractivity contribution < 1.29 is 24.5 Å². The summed E-state index contributed by atoms with van der Waals surface area (Å²) < 4.78 is 5.81. The summed E-state index contributed by atoms with van der Waals surface area (Å²) in [5.74, 6) is -1.08. The third kappa shape index (κ3) is 6.46. The Kier molecular flexibility index (Phi) is 8.72. The van der Waals surface area contributed by atoms with Crippen LogP contribution in [0.25, 0.3) is 22.5 Å². The molecule has 1 atom stereocenters. The lowest BCUT2D eigenvalue weighted by Crippen LogP contribution is -2.57. The molecule has 0 saturated heterocycles. The number of nitrogens with one attached hydrogen (secondary N) is 2. The number of rotatable bonds is 11. The summed E-state index contributed by atoms with van der Waals surface area (Å²) in [5.41, 5.74) is 0.396. The minimum Gasteiger partial charge on any atom is -0.477 e. The fraction of sp³-hybridized carbons (Fsp3) is 0.452. The SMILES string of the molecule is CCCCC1(COC(=O)C(C)(C)C)NC(C(C)(C)O)=C(C(=O)O)N1Cc1ccc(-c2ccccc2-c2nn[nH]n2)cc1. The molecule has 1 aromatic heterocycles. The molecule has 0 amide bonds. The van der Waals surface area contributed by atoms with Gasteiger partial charge in [0, 0.05) is 12.1 Å². The van der Waals surface area contributed by atoms with Crippen molar-refractivity contribution in [1.29, 1.82) is 0 Å². The Balaban J connectivity index is 1.73. The van der Waals surface area contributed by atoms with Crippen molar-refractivity contribution in [3.8, 4) is 22.5 Å². The number of hydrogen-bond donors (Lipinski definition) is 4. The van der Waals surface area contributed by atoms with E-state index in [1.54, 1.807) is 39.5 Å². The molecule has 11 nitrogen and oxygen atoms in total. The number of hydrogen-bond acceptors (Lipinski definition) is 9. The van der Waals surface area contributed by atoms with Crippen LogP contribution in [0.5, 0.6) is 0 Å². The molecule has 4 N–H and O–H groups in total. The number of unbranched alkanes of at least 4 members (excludes halogenated alkanes) is 1. The number of nitrogens with zero attached hydrogens (tertiary/aromatic N) is 4. The average Bonchev–Trinajstić information content (AvgIpc) is 3.58. The molecule has 2 heterocycles. The van der Waals surface area contributed by atoms with E-state index in [2.05, 4.69) is 25.9 Å². The maximum absolute atomic E-state index is 12.8. The molecule has 1 aliphatic rings. The first-order chi connectivity index (χ1) is 19.8. The monoisotopic (exact) mass is 576 g/mol. The highest BCUT2D eigenvalue weighted by molar-refractivity contribution is 5.88. The van der Waals surface area contributed by atoms with E-state index in [1.807, 2.05) is 55.5 Å². The average molecular weight is 577 g/mol. The molecule has 0 fully saturated rings. The Bertz CT molecular complexity index is 1440. The number of tetrazole rings is 1. The quantitative estimate of drug-likeness (QED) is 0.240. The van der Waals surface area contributed by atoms with E-state index in [0.717, 1.165) is 35.1 Å². The van der Waals surface area contributed by atoms with Crippen molar-refractivity contribution in [3.63, 3.8) is 0 Å². The molecule has 2 aromatic carbocycles. The third-order valence-corrected chi connectivity index (χ3v) is 7.31. The first-order valence-corrected chi connectivity index (χ1v) is 14.1. The zero-order valence-electron chi connectivity index (χ0n) is 25.1. The van der Waals surface area contributed by atoms with Crippen LogP contribution in [0.4, 0.5) is 0 Å². The van der Waals surface area contributed by atoms with Crippen LogP contribution in [-0.2, 0) is 20.9 Å². The number of carbonyl (C=O) groups excluding carboxylic acids is 1. The second-order valence-corrected chi connectivity index (χ2v) is 12.2. The molecule has 1 aliphatic heterocycles. The van der Waals surface area contributed by atoms with Crippen LogP contribution in [0.1, 0.15) is 66.4 Å². The summed E-state index contributed by atoms with van der Waals surface area (Å²) in [6, 6.07) is 15.6. The van der Waals surface area contributed by atoms with Crippen LogP contribution in [-0.4, -0.2) is 65.5 Å². The number of aliphatic hydroxyl groups is 1. The summed E-state index contributed by atoms with van der Waals surface area (Å²) in [7, 11) is 0. The Morgan fingerprint density at radius 2 is 1.69 bits per heavy atom. The molecule has 4 rings (SSSR count). The number of aromatic amines is 1. The minimum absolute atomic E-state index is 0.0445. The van der Waals surface area contributed by atoms with Gasteiger partial charge in [-0.1, -0.05) is 61.9 Å². The van der Waals surface area contributed by atoms with Gasteiger partial charge in [-0.15, -0.1) is 10.2 Å². The molecular weight excluding hydrogens is 536 g/mol.